The normalized spacial score (nSPS) is 13.8. The maximum Gasteiger partial charge on any atom is 0.244 e. The molecule has 0 saturated heterocycles. The standard InChI is InChI=1S/C49H87N2/c1-3-5-7-9-11-13-15-17-19-21-23-25-27-29-31-33-38-42-48(49-50-43-44-51-49)47(45-46-39-35-34-36-40-46)41-37-32-30-28-26-24-22-20-18-16-14-12-10-8-6-4-2/h34-36,39-40,43-44,47-48H,3-33,37-38,41-42,45H2,1-2H3/q+1. The second-order valence-electron chi connectivity index (χ2n) is 16.5. The lowest BCUT2D eigenvalue weighted by Crippen LogP contribution is -2.22. The summed E-state index contributed by atoms with van der Waals surface area (Å²) in [7, 11) is 0. The van der Waals surface area contributed by atoms with Crippen LogP contribution in [0.4, 0.5) is 0 Å². The number of hydrogen-bond donors (Lipinski definition) is 0. The molecule has 2 rings (SSSR count). The Morgan fingerprint density at radius 1 is 0.392 bits per heavy atom. The molecule has 2 nitrogen and oxygen atoms in total. The summed E-state index contributed by atoms with van der Waals surface area (Å²) in [5, 5.41) is 0. The molecule has 0 fully saturated rings. The second kappa shape index (κ2) is 35.5. The van der Waals surface area contributed by atoms with Gasteiger partial charge in [-0.15, -0.1) is 0 Å². The lowest BCUT2D eigenvalue weighted by molar-refractivity contribution is 0.284. The Bertz CT molecular complexity index is 879. The van der Waals surface area contributed by atoms with Gasteiger partial charge < -0.3 is 0 Å². The Balaban J connectivity index is 1.58. The zero-order chi connectivity index (χ0) is 36.1. The summed E-state index contributed by atoms with van der Waals surface area (Å²) in [6, 6.07) is 11.2. The molecule has 292 valence electrons. The zero-order valence-electron chi connectivity index (χ0n) is 34.5. The van der Waals surface area contributed by atoms with Crippen LogP contribution in [0.1, 0.15) is 244 Å². The van der Waals surface area contributed by atoms with Gasteiger partial charge in [0, 0.05) is 0 Å². The Labute approximate surface area is 320 Å². The topological polar surface area (TPSA) is 24.7 Å². The fraction of sp³-hybridized carbons (Fsp3) is 0.816. The molecule has 0 radical (unpaired) electrons. The highest BCUT2D eigenvalue weighted by atomic mass is 15.0. The van der Waals surface area contributed by atoms with Gasteiger partial charge in [-0.3, -0.25) is 0 Å². The monoisotopic (exact) mass is 704 g/mol. The van der Waals surface area contributed by atoms with Gasteiger partial charge in [0.15, 0.2) is 12.4 Å². The van der Waals surface area contributed by atoms with Crippen LogP contribution < -0.4 is 0 Å². The summed E-state index contributed by atoms with van der Waals surface area (Å²) in [5.41, 5.74) is 1.48. The van der Waals surface area contributed by atoms with Gasteiger partial charge in [-0.2, -0.15) is 0 Å². The molecule has 0 bridgehead atoms. The van der Waals surface area contributed by atoms with Crippen molar-refractivity contribution >= 4 is 12.4 Å². The predicted octanol–water partition coefficient (Wildman–Crippen LogP) is 16.8. The van der Waals surface area contributed by atoms with Gasteiger partial charge in [0.05, 0.1) is 5.92 Å². The van der Waals surface area contributed by atoms with Crippen LogP contribution in [-0.2, 0) is 6.42 Å². The van der Waals surface area contributed by atoms with Crippen LogP contribution in [0.2, 0.25) is 0 Å². The highest BCUT2D eigenvalue weighted by molar-refractivity contribution is 6.18. The molecule has 1 aromatic carbocycles. The van der Waals surface area contributed by atoms with Crippen LogP contribution in [-0.4, -0.2) is 12.4 Å². The second-order valence-corrected chi connectivity index (χ2v) is 16.5. The predicted molar refractivity (Wildman–Crippen MR) is 230 cm³/mol. The first kappa shape index (κ1) is 45.6. The average molecular weight is 704 g/mol. The molecular formula is C49H87N2+. The van der Waals surface area contributed by atoms with Crippen molar-refractivity contribution in [3.63, 3.8) is 0 Å². The van der Waals surface area contributed by atoms with E-state index in [4.69, 9.17) is 9.98 Å². The largest absolute Gasteiger partial charge is 0.244 e. The lowest BCUT2D eigenvalue weighted by Gasteiger charge is -2.26. The summed E-state index contributed by atoms with van der Waals surface area (Å²) in [4.78, 5) is 9.58. The van der Waals surface area contributed by atoms with E-state index in [9.17, 15) is 0 Å². The number of aliphatic imine (C=N–C) groups is 2. The molecule has 0 aliphatic carbocycles. The molecule has 0 aromatic heterocycles. The molecule has 2 heteroatoms. The maximum absolute atomic E-state index is 4.79. The molecule has 51 heavy (non-hydrogen) atoms. The Morgan fingerprint density at radius 2 is 0.706 bits per heavy atom. The molecule has 1 aliphatic heterocycles. The smallest absolute Gasteiger partial charge is 0.0965 e. The molecule has 1 aromatic rings. The number of hydrogen-bond acceptors (Lipinski definition) is 2. The minimum Gasteiger partial charge on any atom is -0.0965 e. The summed E-state index contributed by atoms with van der Waals surface area (Å²) in [5.74, 6) is 1.13. The van der Waals surface area contributed by atoms with Crippen molar-refractivity contribution in [3.8, 4) is 0 Å². The van der Waals surface area contributed by atoms with Gasteiger partial charge in [0.1, 0.15) is 0 Å². The molecule has 2 unspecified atom stereocenters. The fourth-order valence-electron chi connectivity index (χ4n) is 8.43. The quantitative estimate of drug-likeness (QED) is 0.0482. The third-order valence-electron chi connectivity index (χ3n) is 11.8. The van der Waals surface area contributed by atoms with Gasteiger partial charge in [-0.25, -0.2) is 0 Å². The third kappa shape index (κ3) is 26.8. The molecule has 0 N–H and O–H groups in total. The van der Waals surface area contributed by atoms with E-state index in [1.165, 1.54) is 230 Å². The van der Waals surface area contributed by atoms with Gasteiger partial charge in [0.2, 0.25) is 6.17 Å². The van der Waals surface area contributed by atoms with Crippen molar-refractivity contribution in [1.29, 1.82) is 0 Å². The fourth-order valence-corrected chi connectivity index (χ4v) is 8.43. The van der Waals surface area contributed by atoms with Crippen molar-refractivity contribution in [1.82, 2.24) is 0 Å². The van der Waals surface area contributed by atoms with Crippen LogP contribution in [0.5, 0.6) is 0 Å². The average Bonchev–Trinajstić information content (AvgIpc) is 3.69. The molecule has 0 amide bonds. The van der Waals surface area contributed by atoms with Crippen molar-refractivity contribution in [2.24, 2.45) is 21.8 Å². The molecule has 0 saturated carbocycles. The highest BCUT2D eigenvalue weighted by Gasteiger charge is 2.35. The van der Waals surface area contributed by atoms with Crippen molar-refractivity contribution in [3.05, 3.63) is 42.1 Å². The van der Waals surface area contributed by atoms with E-state index in [1.807, 2.05) is 12.4 Å². The minimum absolute atomic E-state index is 0.493. The Morgan fingerprint density at radius 3 is 1.06 bits per heavy atom. The number of rotatable bonds is 39. The van der Waals surface area contributed by atoms with Crippen molar-refractivity contribution in [2.75, 3.05) is 0 Å². The van der Waals surface area contributed by atoms with E-state index in [0.717, 1.165) is 12.6 Å². The first-order valence-corrected chi connectivity index (χ1v) is 23.3. The molecule has 1 heterocycles. The van der Waals surface area contributed by atoms with Crippen LogP contribution in [0, 0.1) is 18.0 Å². The third-order valence-corrected chi connectivity index (χ3v) is 11.8. The van der Waals surface area contributed by atoms with Gasteiger partial charge in [0.25, 0.3) is 0 Å². The van der Waals surface area contributed by atoms with E-state index in [0.29, 0.717) is 11.8 Å². The molecule has 2 atom stereocenters. The zero-order valence-corrected chi connectivity index (χ0v) is 34.5. The van der Waals surface area contributed by atoms with Crippen LogP contribution >= 0.6 is 0 Å². The Hall–Kier alpha value is -1.57. The van der Waals surface area contributed by atoms with Gasteiger partial charge in [-0.05, 0) is 30.7 Å². The molecule has 1 aliphatic rings. The molecular weight excluding hydrogens is 617 g/mol. The van der Waals surface area contributed by atoms with Crippen LogP contribution in [0.25, 0.3) is 0 Å². The maximum atomic E-state index is 4.79. The highest BCUT2D eigenvalue weighted by Crippen LogP contribution is 2.37. The van der Waals surface area contributed by atoms with Crippen LogP contribution in [0.15, 0.2) is 40.3 Å². The van der Waals surface area contributed by atoms with E-state index < -0.39 is 0 Å². The minimum atomic E-state index is 0.493. The first-order valence-electron chi connectivity index (χ1n) is 23.3. The van der Waals surface area contributed by atoms with Crippen molar-refractivity contribution < 1.29 is 0 Å². The number of unbranched alkanes of at least 4 members (excludes halogenated alkanes) is 31. The first-order chi connectivity index (χ1) is 25.3. The lowest BCUT2D eigenvalue weighted by atomic mass is 9.78. The molecule has 0 spiro atoms. The summed E-state index contributed by atoms with van der Waals surface area (Å²) in [6.45, 7) is 4.62. The van der Waals surface area contributed by atoms with Crippen molar-refractivity contribution in [2.45, 2.75) is 245 Å². The summed E-state index contributed by atoms with van der Waals surface area (Å²) < 4.78 is 0. The SMILES string of the molecule is CCCCCCCCCCCCCCCCCCCC([C+]1N=CC=N1)C(CCCCCCCCCCCCCCCCCC)Cc1ccccc1. The van der Waals surface area contributed by atoms with E-state index >= 15 is 0 Å². The summed E-state index contributed by atoms with van der Waals surface area (Å²) in [6.07, 6.45) is 55.9. The summed E-state index contributed by atoms with van der Waals surface area (Å²) >= 11 is 0. The number of benzene rings is 1. The van der Waals surface area contributed by atoms with E-state index in [1.54, 1.807) is 0 Å². The van der Waals surface area contributed by atoms with E-state index in [2.05, 4.69) is 44.2 Å². The van der Waals surface area contributed by atoms with E-state index in [-0.39, 0.29) is 0 Å². The van der Waals surface area contributed by atoms with Gasteiger partial charge in [-0.1, -0.05) is 266 Å². The van der Waals surface area contributed by atoms with Gasteiger partial charge >= 0.3 is 0 Å². The van der Waals surface area contributed by atoms with Crippen LogP contribution in [0.3, 0.4) is 0 Å². The Kier molecular flexibility index (Phi) is 31.7. The number of nitrogens with zero attached hydrogens (tertiary/aromatic N) is 2.